The Kier molecular flexibility index (Phi) is 4.37. The van der Waals surface area contributed by atoms with Gasteiger partial charge in [-0.15, -0.1) is 0 Å². The van der Waals surface area contributed by atoms with E-state index in [1.54, 1.807) is 18.2 Å². The van der Waals surface area contributed by atoms with Crippen LogP contribution in [-0.4, -0.2) is 7.11 Å². The summed E-state index contributed by atoms with van der Waals surface area (Å²) in [4.78, 5) is 0. The molecule has 0 unspecified atom stereocenters. The number of ether oxygens (including phenoxy) is 1. The summed E-state index contributed by atoms with van der Waals surface area (Å²) in [5.41, 5.74) is 6.82. The van der Waals surface area contributed by atoms with Gasteiger partial charge in [-0.2, -0.15) is 0 Å². The molecule has 138 valence electrons. The molecule has 2 aliphatic rings. The minimum atomic E-state index is 0.242. The fourth-order valence-corrected chi connectivity index (χ4v) is 5.11. The van der Waals surface area contributed by atoms with Crippen LogP contribution in [0.2, 0.25) is 0 Å². The first-order valence-electron chi connectivity index (χ1n) is 10.1. The van der Waals surface area contributed by atoms with Crippen molar-refractivity contribution in [2.45, 2.75) is 70.6 Å². The second-order valence-corrected chi connectivity index (χ2v) is 9.63. The van der Waals surface area contributed by atoms with Crippen LogP contribution in [0.15, 0.2) is 42.5 Å². The predicted octanol–water partition coefficient (Wildman–Crippen LogP) is 6.44. The number of benzene rings is 2. The van der Waals surface area contributed by atoms with Gasteiger partial charge in [-0.1, -0.05) is 51.1 Å². The molecule has 0 saturated heterocycles. The van der Waals surface area contributed by atoms with Crippen molar-refractivity contribution >= 4 is 0 Å². The zero-order valence-corrected chi connectivity index (χ0v) is 16.8. The second-order valence-electron chi connectivity index (χ2n) is 9.63. The summed E-state index contributed by atoms with van der Waals surface area (Å²) >= 11 is 0. The van der Waals surface area contributed by atoms with Gasteiger partial charge >= 0.3 is 0 Å². The first kappa shape index (κ1) is 17.6. The van der Waals surface area contributed by atoms with Crippen molar-refractivity contribution in [2.75, 3.05) is 7.11 Å². The summed E-state index contributed by atoms with van der Waals surface area (Å²) in [5, 5.41) is 0. The molecule has 1 saturated carbocycles. The molecule has 0 radical (unpaired) electrons. The molecule has 2 aliphatic carbocycles. The molecule has 2 aromatic carbocycles. The van der Waals surface area contributed by atoms with Crippen LogP contribution in [0.1, 0.15) is 74.6 Å². The normalized spacial score (nSPS) is 25.3. The van der Waals surface area contributed by atoms with E-state index in [-0.39, 0.29) is 5.41 Å². The number of fused-ring (bicyclic) bond motifs is 1. The first-order chi connectivity index (χ1) is 12.4. The Bertz CT molecular complexity index is 771. The Morgan fingerprint density at radius 2 is 1.54 bits per heavy atom. The number of hydrogen-bond donors (Lipinski definition) is 0. The number of methoxy groups -OCH3 is 1. The molecule has 0 atom stereocenters. The summed E-state index contributed by atoms with van der Waals surface area (Å²) in [6.45, 7) is 6.87. The van der Waals surface area contributed by atoms with E-state index in [2.05, 4.69) is 63.2 Å². The average molecular weight is 349 g/mol. The molecule has 0 heterocycles. The molecular formula is C25H32O. The summed E-state index contributed by atoms with van der Waals surface area (Å²) < 4.78 is 5.42. The van der Waals surface area contributed by atoms with Gasteiger partial charge in [0.2, 0.25) is 0 Å². The van der Waals surface area contributed by atoms with Gasteiger partial charge < -0.3 is 4.74 Å². The zero-order valence-electron chi connectivity index (χ0n) is 16.8. The molecule has 0 aliphatic heterocycles. The van der Waals surface area contributed by atoms with Crippen molar-refractivity contribution in [3.63, 3.8) is 0 Å². The topological polar surface area (TPSA) is 9.23 Å². The number of hydrogen-bond acceptors (Lipinski definition) is 1. The van der Waals surface area contributed by atoms with E-state index in [0.29, 0.717) is 5.41 Å². The van der Waals surface area contributed by atoms with Crippen molar-refractivity contribution in [2.24, 2.45) is 5.41 Å². The standard InChI is InChI=1S/C25H32O/c1-24(2,3)22-8-5-18(6-9-22)19-11-13-25(14-12-19)16-20-7-10-23(26-4)15-21(20)17-25/h5-10,15,19H,11-14,16-17H2,1-4H3. The van der Waals surface area contributed by atoms with E-state index < -0.39 is 0 Å². The molecule has 26 heavy (non-hydrogen) atoms. The monoisotopic (exact) mass is 348 g/mol. The zero-order chi connectivity index (χ0) is 18.4. The third kappa shape index (κ3) is 3.29. The van der Waals surface area contributed by atoms with Crippen molar-refractivity contribution in [3.8, 4) is 5.75 Å². The highest BCUT2D eigenvalue weighted by Gasteiger charge is 2.40. The lowest BCUT2D eigenvalue weighted by Crippen LogP contribution is -2.27. The molecule has 0 aromatic heterocycles. The summed E-state index contributed by atoms with van der Waals surface area (Å²) in [6.07, 6.45) is 7.89. The van der Waals surface area contributed by atoms with E-state index in [1.165, 1.54) is 49.7 Å². The molecule has 0 N–H and O–H groups in total. The van der Waals surface area contributed by atoms with Gasteiger partial charge in [0.25, 0.3) is 0 Å². The smallest absolute Gasteiger partial charge is 0.119 e. The van der Waals surface area contributed by atoms with Gasteiger partial charge in [0.15, 0.2) is 0 Å². The molecule has 1 fully saturated rings. The molecule has 0 amide bonds. The van der Waals surface area contributed by atoms with E-state index in [1.807, 2.05) is 0 Å². The third-order valence-corrected chi connectivity index (χ3v) is 6.84. The largest absolute Gasteiger partial charge is 0.497 e. The van der Waals surface area contributed by atoms with Crippen LogP contribution in [0.5, 0.6) is 5.75 Å². The lowest BCUT2D eigenvalue weighted by molar-refractivity contribution is 0.186. The van der Waals surface area contributed by atoms with E-state index in [4.69, 9.17) is 4.74 Å². The highest BCUT2D eigenvalue weighted by atomic mass is 16.5. The lowest BCUT2D eigenvalue weighted by atomic mass is 9.67. The Morgan fingerprint density at radius 1 is 0.885 bits per heavy atom. The van der Waals surface area contributed by atoms with Gasteiger partial charge in [-0.25, -0.2) is 0 Å². The fourth-order valence-electron chi connectivity index (χ4n) is 5.11. The molecule has 1 nitrogen and oxygen atoms in total. The van der Waals surface area contributed by atoms with Crippen LogP contribution in [0.25, 0.3) is 0 Å². The maximum Gasteiger partial charge on any atom is 0.119 e. The van der Waals surface area contributed by atoms with Crippen molar-refractivity contribution < 1.29 is 4.74 Å². The van der Waals surface area contributed by atoms with Crippen molar-refractivity contribution in [3.05, 3.63) is 64.7 Å². The molecule has 1 spiro atoms. The van der Waals surface area contributed by atoms with Crippen LogP contribution < -0.4 is 4.74 Å². The van der Waals surface area contributed by atoms with E-state index in [9.17, 15) is 0 Å². The molecule has 0 bridgehead atoms. The lowest BCUT2D eigenvalue weighted by Gasteiger charge is -2.37. The van der Waals surface area contributed by atoms with E-state index >= 15 is 0 Å². The average Bonchev–Trinajstić information content (AvgIpc) is 2.98. The minimum absolute atomic E-state index is 0.242. The number of rotatable bonds is 2. The molecular weight excluding hydrogens is 316 g/mol. The summed E-state index contributed by atoms with van der Waals surface area (Å²) in [6, 6.07) is 16.1. The second kappa shape index (κ2) is 6.44. The van der Waals surface area contributed by atoms with Gasteiger partial charge in [-0.3, -0.25) is 0 Å². The van der Waals surface area contributed by atoms with Gasteiger partial charge in [-0.05, 0) is 89.7 Å². The van der Waals surface area contributed by atoms with Crippen LogP contribution in [0.4, 0.5) is 0 Å². The Balaban J connectivity index is 1.43. The van der Waals surface area contributed by atoms with Crippen LogP contribution in [0, 0.1) is 5.41 Å². The molecule has 2 aromatic rings. The third-order valence-electron chi connectivity index (χ3n) is 6.84. The van der Waals surface area contributed by atoms with Gasteiger partial charge in [0.05, 0.1) is 7.11 Å². The first-order valence-corrected chi connectivity index (χ1v) is 10.1. The van der Waals surface area contributed by atoms with Gasteiger partial charge in [0.1, 0.15) is 5.75 Å². The van der Waals surface area contributed by atoms with Crippen molar-refractivity contribution in [1.82, 2.24) is 0 Å². The Morgan fingerprint density at radius 3 is 2.15 bits per heavy atom. The highest BCUT2D eigenvalue weighted by Crippen LogP contribution is 2.51. The predicted molar refractivity (Wildman–Crippen MR) is 109 cm³/mol. The quantitative estimate of drug-likeness (QED) is 0.607. The van der Waals surface area contributed by atoms with Crippen molar-refractivity contribution in [1.29, 1.82) is 0 Å². The maximum atomic E-state index is 5.42. The van der Waals surface area contributed by atoms with E-state index in [0.717, 1.165) is 11.7 Å². The molecule has 1 heteroatoms. The summed E-state index contributed by atoms with van der Waals surface area (Å²) in [7, 11) is 1.77. The Hall–Kier alpha value is -1.76. The van der Waals surface area contributed by atoms with Crippen LogP contribution >= 0.6 is 0 Å². The highest BCUT2D eigenvalue weighted by molar-refractivity contribution is 5.41. The van der Waals surface area contributed by atoms with Gasteiger partial charge in [0, 0.05) is 0 Å². The SMILES string of the molecule is COc1ccc2c(c1)CC1(CCC(c3ccc(C(C)(C)C)cc3)CC1)C2. The maximum absolute atomic E-state index is 5.42. The summed E-state index contributed by atoms with van der Waals surface area (Å²) in [5.74, 6) is 1.75. The van der Waals surface area contributed by atoms with Crippen LogP contribution in [-0.2, 0) is 18.3 Å². The molecule has 4 rings (SSSR count). The van der Waals surface area contributed by atoms with Crippen LogP contribution in [0.3, 0.4) is 0 Å². The minimum Gasteiger partial charge on any atom is -0.497 e. The fraction of sp³-hybridized carbons (Fsp3) is 0.520. The Labute approximate surface area is 158 Å².